The molecule has 25 heavy (non-hydrogen) atoms. The van der Waals surface area contributed by atoms with Crippen molar-refractivity contribution in [1.29, 1.82) is 0 Å². The lowest BCUT2D eigenvalue weighted by Crippen LogP contribution is -2.40. The number of hydrogen-bond donors (Lipinski definition) is 1. The van der Waals surface area contributed by atoms with Crippen molar-refractivity contribution in [2.75, 3.05) is 25.1 Å². The third-order valence-electron chi connectivity index (χ3n) is 4.31. The minimum Gasteiger partial charge on any atom is -0.380 e. The highest BCUT2D eigenvalue weighted by Crippen LogP contribution is 2.25. The lowest BCUT2D eigenvalue weighted by Gasteiger charge is -2.25. The first kappa shape index (κ1) is 17.2. The number of hydrogen-bond acceptors (Lipinski definition) is 6. The fraction of sp³-hybridized carbons (Fsp3) is 0.412. The molecule has 0 bridgehead atoms. The molecule has 132 valence electrons. The molecule has 3 heterocycles. The molecule has 3 rings (SSSR count). The Hall–Kier alpha value is -2.61. The Labute approximate surface area is 145 Å². The van der Waals surface area contributed by atoms with Gasteiger partial charge in [-0.25, -0.2) is 14.4 Å². The van der Waals surface area contributed by atoms with Crippen LogP contribution in [0.25, 0.3) is 0 Å². The molecule has 2 aromatic rings. The maximum Gasteiger partial charge on any atom is 0.254 e. The zero-order valence-corrected chi connectivity index (χ0v) is 14.1. The van der Waals surface area contributed by atoms with E-state index in [-0.39, 0.29) is 17.7 Å². The van der Waals surface area contributed by atoms with Crippen molar-refractivity contribution in [3.05, 3.63) is 47.9 Å². The topological polar surface area (TPSA) is 80.2 Å². The maximum absolute atomic E-state index is 13.7. The molecule has 0 saturated carbocycles. The zero-order chi connectivity index (χ0) is 17.8. The molecule has 2 aromatic heterocycles. The van der Waals surface area contributed by atoms with Crippen LogP contribution in [-0.4, -0.2) is 53.2 Å². The number of nitrogens with zero attached hydrogens (tertiary/aromatic N) is 4. The van der Waals surface area contributed by atoms with Crippen LogP contribution in [-0.2, 0) is 4.74 Å². The second kappa shape index (κ2) is 7.52. The molecule has 0 unspecified atom stereocenters. The molecule has 1 N–H and O–H groups in total. The summed E-state index contributed by atoms with van der Waals surface area (Å²) in [5, 5.41) is 2.79. The first-order valence-electron chi connectivity index (χ1n) is 8.04. The number of methoxy groups -OCH3 is 1. The minimum atomic E-state index is -0.635. The van der Waals surface area contributed by atoms with E-state index in [0.29, 0.717) is 13.1 Å². The Morgan fingerprint density at radius 2 is 2.32 bits per heavy atom. The summed E-state index contributed by atoms with van der Waals surface area (Å²) in [5.41, 5.74) is 0.855. The normalized spacial score (nSPS) is 19.9. The van der Waals surface area contributed by atoms with E-state index in [0.717, 1.165) is 24.1 Å². The van der Waals surface area contributed by atoms with Gasteiger partial charge in [0.2, 0.25) is 0 Å². The van der Waals surface area contributed by atoms with Crippen molar-refractivity contribution in [3.63, 3.8) is 0 Å². The van der Waals surface area contributed by atoms with E-state index in [1.807, 2.05) is 13.0 Å². The molecule has 0 aromatic carbocycles. The zero-order valence-electron chi connectivity index (χ0n) is 14.1. The van der Waals surface area contributed by atoms with Crippen LogP contribution in [0.5, 0.6) is 0 Å². The number of pyridine rings is 1. The van der Waals surface area contributed by atoms with Crippen LogP contribution < -0.4 is 10.2 Å². The fourth-order valence-corrected chi connectivity index (χ4v) is 2.98. The van der Waals surface area contributed by atoms with Crippen LogP contribution in [0.4, 0.5) is 10.2 Å². The number of aromatic nitrogens is 3. The Balaban J connectivity index is 1.71. The molecule has 7 nitrogen and oxygen atoms in total. The molecule has 1 amide bonds. The number of ether oxygens (including phenoxy) is 1. The van der Waals surface area contributed by atoms with E-state index < -0.39 is 11.7 Å². The highest BCUT2D eigenvalue weighted by atomic mass is 19.1. The predicted molar refractivity (Wildman–Crippen MR) is 89.8 cm³/mol. The van der Waals surface area contributed by atoms with Crippen molar-refractivity contribution in [2.45, 2.75) is 25.5 Å². The van der Waals surface area contributed by atoms with Gasteiger partial charge in [0.1, 0.15) is 12.1 Å². The summed E-state index contributed by atoms with van der Waals surface area (Å²) in [4.78, 5) is 26.4. The molecule has 1 fully saturated rings. The summed E-state index contributed by atoms with van der Waals surface area (Å²) in [5.74, 6) is -0.301. The minimum absolute atomic E-state index is 0.00750. The average Bonchev–Trinajstić information content (AvgIpc) is 3.03. The van der Waals surface area contributed by atoms with Crippen LogP contribution in [0.3, 0.4) is 0 Å². The molecule has 0 spiro atoms. The molecule has 0 aliphatic carbocycles. The second-order valence-electron chi connectivity index (χ2n) is 5.98. The number of carbonyl (C=O) groups excluding carboxylic acids is 1. The molecular weight excluding hydrogens is 325 g/mol. The number of aryl methyl sites for hydroxylation is 1. The molecule has 0 radical (unpaired) electrons. The molecule has 1 aliphatic rings. The van der Waals surface area contributed by atoms with Gasteiger partial charge in [-0.3, -0.25) is 9.78 Å². The Morgan fingerprint density at radius 1 is 1.48 bits per heavy atom. The van der Waals surface area contributed by atoms with Gasteiger partial charge in [-0.2, -0.15) is 0 Å². The second-order valence-corrected chi connectivity index (χ2v) is 5.98. The van der Waals surface area contributed by atoms with Gasteiger partial charge in [-0.05, 0) is 19.4 Å². The quantitative estimate of drug-likeness (QED) is 0.881. The van der Waals surface area contributed by atoms with Crippen LogP contribution in [0.15, 0.2) is 30.9 Å². The standard InChI is InChI=1S/C17H20FN5O2/c1-11-5-16(22-10-21-11)23-9-13(25-2)6-12(23)7-20-17(24)14-3-4-19-8-15(14)18/h3-5,8,10,12-13H,6-7,9H2,1-2H3,(H,20,24)/t12-,13-/m0/s1. The van der Waals surface area contributed by atoms with Gasteiger partial charge in [0.25, 0.3) is 5.91 Å². The van der Waals surface area contributed by atoms with Crippen molar-refractivity contribution >= 4 is 11.7 Å². The average molecular weight is 345 g/mol. The molecule has 1 aliphatic heterocycles. The summed E-state index contributed by atoms with van der Waals surface area (Å²) in [6.07, 6.45) is 4.74. The third kappa shape index (κ3) is 3.90. The van der Waals surface area contributed by atoms with Crippen molar-refractivity contribution in [2.24, 2.45) is 0 Å². The first-order chi connectivity index (χ1) is 12.1. The molecule has 1 saturated heterocycles. The number of nitrogens with one attached hydrogen (secondary N) is 1. The molecular formula is C17H20FN5O2. The van der Waals surface area contributed by atoms with Gasteiger partial charge in [0.05, 0.1) is 23.9 Å². The van der Waals surface area contributed by atoms with Gasteiger partial charge in [-0.1, -0.05) is 0 Å². The lowest BCUT2D eigenvalue weighted by atomic mass is 10.2. The van der Waals surface area contributed by atoms with Crippen molar-refractivity contribution in [3.8, 4) is 0 Å². The van der Waals surface area contributed by atoms with Crippen molar-refractivity contribution < 1.29 is 13.9 Å². The SMILES string of the molecule is CO[C@H]1C[C@@H](CNC(=O)c2ccncc2F)N(c2cc(C)ncn2)C1. The van der Waals surface area contributed by atoms with E-state index in [4.69, 9.17) is 4.74 Å². The van der Waals surface area contributed by atoms with Gasteiger partial charge < -0.3 is 15.0 Å². The monoisotopic (exact) mass is 345 g/mol. The maximum atomic E-state index is 13.7. The van der Waals surface area contributed by atoms with Gasteiger partial charge in [-0.15, -0.1) is 0 Å². The van der Waals surface area contributed by atoms with E-state index in [1.165, 1.54) is 18.6 Å². The highest BCUT2D eigenvalue weighted by Gasteiger charge is 2.33. The van der Waals surface area contributed by atoms with Crippen LogP contribution in [0, 0.1) is 12.7 Å². The summed E-state index contributed by atoms with van der Waals surface area (Å²) < 4.78 is 19.1. The Bertz CT molecular complexity index is 757. The summed E-state index contributed by atoms with van der Waals surface area (Å²) in [7, 11) is 1.67. The number of carbonyl (C=O) groups is 1. The third-order valence-corrected chi connectivity index (χ3v) is 4.31. The lowest BCUT2D eigenvalue weighted by molar-refractivity contribution is 0.0942. The van der Waals surface area contributed by atoms with Gasteiger partial charge in [0.15, 0.2) is 5.82 Å². The smallest absolute Gasteiger partial charge is 0.254 e. The predicted octanol–water partition coefficient (Wildman–Crippen LogP) is 1.34. The number of amides is 1. The Morgan fingerprint density at radius 3 is 3.04 bits per heavy atom. The van der Waals surface area contributed by atoms with E-state index in [1.54, 1.807) is 7.11 Å². The van der Waals surface area contributed by atoms with E-state index in [9.17, 15) is 9.18 Å². The van der Waals surface area contributed by atoms with Crippen LogP contribution >= 0.6 is 0 Å². The summed E-state index contributed by atoms with van der Waals surface area (Å²) >= 11 is 0. The summed E-state index contributed by atoms with van der Waals surface area (Å²) in [6.45, 7) is 2.94. The first-order valence-corrected chi connectivity index (χ1v) is 8.04. The van der Waals surface area contributed by atoms with Crippen molar-refractivity contribution in [1.82, 2.24) is 20.3 Å². The van der Waals surface area contributed by atoms with Gasteiger partial charge >= 0.3 is 0 Å². The summed E-state index contributed by atoms with van der Waals surface area (Å²) in [6, 6.07) is 3.27. The number of anilines is 1. The molecule has 8 heteroatoms. The van der Waals surface area contributed by atoms with Crippen LogP contribution in [0.1, 0.15) is 22.5 Å². The number of rotatable bonds is 5. The van der Waals surface area contributed by atoms with Crippen LogP contribution in [0.2, 0.25) is 0 Å². The largest absolute Gasteiger partial charge is 0.380 e. The number of halogens is 1. The van der Waals surface area contributed by atoms with Gasteiger partial charge in [0, 0.05) is 38.2 Å². The van der Waals surface area contributed by atoms with E-state index >= 15 is 0 Å². The highest BCUT2D eigenvalue weighted by molar-refractivity contribution is 5.94. The Kier molecular flexibility index (Phi) is 5.18. The molecule has 2 atom stereocenters. The van der Waals surface area contributed by atoms with E-state index in [2.05, 4.69) is 25.2 Å². The fourth-order valence-electron chi connectivity index (χ4n) is 2.98.